The van der Waals surface area contributed by atoms with Gasteiger partial charge in [0, 0.05) is 25.4 Å². The monoisotopic (exact) mass is 212 g/mol. The molecule has 3 nitrogen and oxygen atoms in total. The van der Waals surface area contributed by atoms with E-state index >= 15 is 0 Å². The molecule has 0 saturated carbocycles. The van der Waals surface area contributed by atoms with Gasteiger partial charge in [0.2, 0.25) is 5.91 Å². The van der Waals surface area contributed by atoms with E-state index < -0.39 is 0 Å². The average molecular weight is 212 g/mol. The predicted octanol–water partition coefficient (Wildman–Crippen LogP) is 1.90. The van der Waals surface area contributed by atoms with Crippen molar-refractivity contribution in [2.24, 2.45) is 0 Å². The van der Waals surface area contributed by atoms with Crippen LogP contribution in [0.5, 0.6) is 0 Å². The minimum atomic E-state index is 0.102. The Morgan fingerprint density at radius 3 is 2.64 bits per heavy atom. The molecule has 4 heteroatoms. The maximum atomic E-state index is 11.4. The van der Waals surface area contributed by atoms with Crippen LogP contribution in [0.1, 0.15) is 30.5 Å². The van der Waals surface area contributed by atoms with E-state index in [0.717, 1.165) is 10.7 Å². The lowest BCUT2D eigenvalue weighted by Gasteiger charge is -2.08. The van der Waals surface area contributed by atoms with E-state index in [2.05, 4.69) is 18.8 Å². The maximum absolute atomic E-state index is 11.4. The Kier molecular flexibility index (Phi) is 3.63. The van der Waals surface area contributed by atoms with Gasteiger partial charge in [-0.05, 0) is 0 Å². The molecule has 0 unspecified atom stereocenters. The van der Waals surface area contributed by atoms with Crippen molar-refractivity contribution in [2.75, 3.05) is 14.1 Å². The van der Waals surface area contributed by atoms with Gasteiger partial charge in [-0.25, -0.2) is 4.98 Å². The molecular formula is C10H16N2OS. The van der Waals surface area contributed by atoms with E-state index in [4.69, 9.17) is 0 Å². The lowest BCUT2D eigenvalue weighted by Crippen LogP contribution is -2.23. The Morgan fingerprint density at radius 2 is 2.21 bits per heavy atom. The topological polar surface area (TPSA) is 33.2 Å². The summed E-state index contributed by atoms with van der Waals surface area (Å²) < 4.78 is 0. The maximum Gasteiger partial charge on any atom is 0.228 e. The average Bonchev–Trinajstić information content (AvgIpc) is 2.52. The van der Waals surface area contributed by atoms with E-state index in [1.165, 1.54) is 0 Å². The second kappa shape index (κ2) is 4.55. The first-order valence-electron chi connectivity index (χ1n) is 4.65. The number of thiazole rings is 1. The predicted molar refractivity (Wildman–Crippen MR) is 58.6 cm³/mol. The van der Waals surface area contributed by atoms with Gasteiger partial charge in [0.15, 0.2) is 0 Å². The fourth-order valence-corrected chi connectivity index (χ4v) is 1.82. The molecule has 0 aromatic carbocycles. The Balaban J connectivity index is 2.64. The van der Waals surface area contributed by atoms with Gasteiger partial charge >= 0.3 is 0 Å². The summed E-state index contributed by atoms with van der Waals surface area (Å²) in [5.41, 5.74) is 0.886. The lowest BCUT2D eigenvalue weighted by atomic mass is 10.2. The third-order valence-corrected chi connectivity index (χ3v) is 3.09. The molecule has 0 spiro atoms. The minimum Gasteiger partial charge on any atom is -0.348 e. The highest BCUT2D eigenvalue weighted by Crippen LogP contribution is 2.19. The summed E-state index contributed by atoms with van der Waals surface area (Å²) in [7, 11) is 3.52. The second-order valence-electron chi connectivity index (χ2n) is 3.80. The molecule has 0 aliphatic carbocycles. The van der Waals surface area contributed by atoms with Gasteiger partial charge in [-0.1, -0.05) is 13.8 Å². The van der Waals surface area contributed by atoms with Gasteiger partial charge in [-0.15, -0.1) is 11.3 Å². The summed E-state index contributed by atoms with van der Waals surface area (Å²) in [6, 6.07) is 0. The van der Waals surface area contributed by atoms with Crippen molar-refractivity contribution >= 4 is 17.2 Å². The number of carbonyl (C=O) groups is 1. The van der Waals surface area contributed by atoms with E-state index in [0.29, 0.717) is 12.3 Å². The second-order valence-corrected chi connectivity index (χ2v) is 4.69. The van der Waals surface area contributed by atoms with Crippen molar-refractivity contribution in [1.29, 1.82) is 0 Å². The molecule has 1 rings (SSSR count). The van der Waals surface area contributed by atoms with E-state index in [1.54, 1.807) is 30.3 Å². The summed E-state index contributed by atoms with van der Waals surface area (Å²) in [5.74, 6) is 0.550. The van der Waals surface area contributed by atoms with Crippen LogP contribution in [0.2, 0.25) is 0 Å². The molecule has 1 amide bonds. The van der Waals surface area contributed by atoms with Gasteiger partial charge in [-0.2, -0.15) is 0 Å². The van der Waals surface area contributed by atoms with Crippen LogP contribution in [-0.4, -0.2) is 29.9 Å². The van der Waals surface area contributed by atoms with Crippen LogP contribution in [0.25, 0.3) is 0 Å². The fourth-order valence-electron chi connectivity index (χ4n) is 0.982. The highest BCUT2D eigenvalue weighted by atomic mass is 32.1. The van der Waals surface area contributed by atoms with Crippen LogP contribution >= 0.6 is 11.3 Å². The standard InChI is InChI=1S/C10H16N2OS/c1-7(2)10-11-8(6-14-10)5-9(13)12(3)4/h6-7H,5H2,1-4H3. The molecule has 0 aliphatic heterocycles. The van der Waals surface area contributed by atoms with Gasteiger partial charge in [0.05, 0.1) is 17.1 Å². The molecule has 0 radical (unpaired) electrons. The van der Waals surface area contributed by atoms with Crippen LogP contribution < -0.4 is 0 Å². The summed E-state index contributed by atoms with van der Waals surface area (Å²) in [5, 5.41) is 3.07. The zero-order valence-corrected chi connectivity index (χ0v) is 9.89. The number of carbonyl (C=O) groups excluding carboxylic acids is 1. The van der Waals surface area contributed by atoms with Gasteiger partial charge in [0.1, 0.15) is 0 Å². The normalized spacial score (nSPS) is 10.6. The lowest BCUT2D eigenvalue weighted by molar-refractivity contribution is -0.128. The van der Waals surface area contributed by atoms with Gasteiger partial charge in [0.25, 0.3) is 0 Å². The Morgan fingerprint density at radius 1 is 1.57 bits per heavy atom. The molecule has 14 heavy (non-hydrogen) atoms. The summed E-state index contributed by atoms with van der Waals surface area (Å²) in [6.45, 7) is 4.22. The molecule has 1 heterocycles. The first kappa shape index (κ1) is 11.2. The minimum absolute atomic E-state index is 0.102. The largest absolute Gasteiger partial charge is 0.348 e. The van der Waals surface area contributed by atoms with Crippen molar-refractivity contribution in [3.05, 3.63) is 16.1 Å². The summed E-state index contributed by atoms with van der Waals surface area (Å²) in [4.78, 5) is 17.4. The van der Waals surface area contributed by atoms with Crippen molar-refractivity contribution in [3.8, 4) is 0 Å². The first-order chi connectivity index (χ1) is 6.50. The van der Waals surface area contributed by atoms with E-state index in [1.807, 2.05) is 5.38 Å². The van der Waals surface area contributed by atoms with Crippen LogP contribution in [0.4, 0.5) is 0 Å². The van der Waals surface area contributed by atoms with Gasteiger partial charge in [-0.3, -0.25) is 4.79 Å². The molecule has 0 atom stereocenters. The number of hydrogen-bond acceptors (Lipinski definition) is 3. The summed E-state index contributed by atoms with van der Waals surface area (Å²) in [6.07, 6.45) is 0.413. The Labute approximate surface area is 88.8 Å². The molecule has 0 fully saturated rings. The molecule has 0 bridgehead atoms. The molecule has 0 N–H and O–H groups in total. The molecule has 0 saturated heterocycles. The highest BCUT2D eigenvalue weighted by Gasteiger charge is 2.10. The Bertz CT molecular complexity index is 318. The number of likely N-dealkylation sites (N-methyl/N-ethyl adjacent to an activating group) is 1. The van der Waals surface area contributed by atoms with Crippen LogP contribution in [-0.2, 0) is 11.2 Å². The van der Waals surface area contributed by atoms with E-state index in [9.17, 15) is 4.79 Å². The van der Waals surface area contributed by atoms with Gasteiger partial charge < -0.3 is 4.90 Å². The Hall–Kier alpha value is -0.900. The smallest absolute Gasteiger partial charge is 0.228 e. The van der Waals surface area contributed by atoms with Crippen molar-refractivity contribution in [2.45, 2.75) is 26.2 Å². The van der Waals surface area contributed by atoms with E-state index in [-0.39, 0.29) is 5.91 Å². The molecule has 78 valence electrons. The SMILES string of the molecule is CC(C)c1nc(CC(=O)N(C)C)cs1. The van der Waals surface area contributed by atoms with Crippen LogP contribution in [0, 0.1) is 0 Å². The molecule has 1 aromatic rings. The number of amides is 1. The van der Waals surface area contributed by atoms with Crippen molar-refractivity contribution < 1.29 is 4.79 Å². The van der Waals surface area contributed by atoms with Crippen molar-refractivity contribution in [1.82, 2.24) is 9.88 Å². The summed E-state index contributed by atoms with van der Waals surface area (Å²) >= 11 is 1.63. The first-order valence-corrected chi connectivity index (χ1v) is 5.53. The number of nitrogens with zero attached hydrogens (tertiary/aromatic N) is 2. The highest BCUT2D eigenvalue weighted by molar-refractivity contribution is 7.09. The number of hydrogen-bond donors (Lipinski definition) is 0. The van der Waals surface area contributed by atoms with Crippen LogP contribution in [0.3, 0.4) is 0 Å². The van der Waals surface area contributed by atoms with Crippen LogP contribution in [0.15, 0.2) is 5.38 Å². The zero-order chi connectivity index (χ0) is 10.7. The number of aromatic nitrogens is 1. The molecule has 0 aliphatic rings. The third kappa shape index (κ3) is 2.80. The number of rotatable bonds is 3. The fraction of sp³-hybridized carbons (Fsp3) is 0.600. The third-order valence-electron chi connectivity index (χ3n) is 1.89. The quantitative estimate of drug-likeness (QED) is 0.766. The molecule has 1 aromatic heterocycles. The zero-order valence-electron chi connectivity index (χ0n) is 9.07. The molecular weight excluding hydrogens is 196 g/mol. The van der Waals surface area contributed by atoms with Crippen molar-refractivity contribution in [3.63, 3.8) is 0 Å².